The van der Waals surface area contributed by atoms with Gasteiger partial charge in [-0.2, -0.15) is 0 Å². The van der Waals surface area contributed by atoms with E-state index in [-0.39, 0.29) is 5.91 Å². The Morgan fingerprint density at radius 1 is 1.10 bits per heavy atom. The predicted molar refractivity (Wildman–Crippen MR) is 126 cm³/mol. The maximum Gasteiger partial charge on any atom is 0.253 e. The van der Waals surface area contributed by atoms with Gasteiger partial charge in [-0.25, -0.2) is 0 Å². The number of aryl methyl sites for hydroxylation is 1. The molecule has 0 radical (unpaired) electrons. The van der Waals surface area contributed by atoms with Gasteiger partial charge in [-0.15, -0.1) is 0 Å². The summed E-state index contributed by atoms with van der Waals surface area (Å²) in [5.41, 5.74) is 3.95. The van der Waals surface area contributed by atoms with Crippen LogP contribution in [0.2, 0.25) is 5.02 Å². The molecule has 0 unspecified atom stereocenters. The lowest BCUT2D eigenvalue weighted by molar-refractivity contribution is 0.0946. The van der Waals surface area contributed by atoms with E-state index in [4.69, 9.17) is 16.6 Å². The molecule has 1 aromatic heterocycles. The number of halogens is 1. The summed E-state index contributed by atoms with van der Waals surface area (Å²) in [5, 5.41) is 3.92. The molecule has 0 aliphatic carbocycles. The number of amides is 1. The van der Waals surface area contributed by atoms with Crippen LogP contribution in [0.3, 0.4) is 0 Å². The predicted octanol–water partition coefficient (Wildman–Crippen LogP) is 4.25. The van der Waals surface area contributed by atoms with E-state index in [1.54, 1.807) is 0 Å². The van der Waals surface area contributed by atoms with E-state index in [2.05, 4.69) is 21.2 Å². The molecule has 0 bridgehead atoms. The topological polar surface area (TPSA) is 48.5 Å². The minimum Gasteiger partial charge on any atom is -0.351 e. The van der Waals surface area contributed by atoms with Crippen LogP contribution in [0.15, 0.2) is 36.4 Å². The fourth-order valence-corrected chi connectivity index (χ4v) is 4.98. The minimum absolute atomic E-state index is 0.0167. The summed E-state index contributed by atoms with van der Waals surface area (Å²) in [6, 6.07) is 12.0. The smallest absolute Gasteiger partial charge is 0.253 e. The van der Waals surface area contributed by atoms with Crippen LogP contribution in [0, 0.1) is 6.92 Å². The first kappa shape index (κ1) is 22.3. The van der Waals surface area contributed by atoms with Crippen molar-refractivity contribution in [3.05, 3.63) is 63.9 Å². The Labute approximate surface area is 190 Å². The molecule has 2 fully saturated rings. The maximum absolute atomic E-state index is 12.9. The SMILES string of the molecule is Cc1ccc(C(=O)NCCN2CCCC2)c(C2CCN(Cc3cccc(Cl)c3)CC2)n1. The van der Waals surface area contributed by atoms with Gasteiger partial charge in [-0.1, -0.05) is 23.7 Å². The van der Waals surface area contributed by atoms with Crippen molar-refractivity contribution in [1.82, 2.24) is 20.1 Å². The highest BCUT2D eigenvalue weighted by atomic mass is 35.5. The number of aromatic nitrogens is 1. The van der Waals surface area contributed by atoms with Crippen LogP contribution < -0.4 is 5.32 Å². The number of hydrogen-bond acceptors (Lipinski definition) is 4. The number of rotatable bonds is 7. The summed E-state index contributed by atoms with van der Waals surface area (Å²) in [7, 11) is 0. The highest BCUT2D eigenvalue weighted by Gasteiger charge is 2.26. The van der Waals surface area contributed by atoms with Gasteiger partial charge in [-0.05, 0) is 88.6 Å². The van der Waals surface area contributed by atoms with Gasteiger partial charge in [0.2, 0.25) is 0 Å². The molecule has 166 valence electrons. The third-order valence-corrected chi connectivity index (χ3v) is 6.73. The quantitative estimate of drug-likeness (QED) is 0.699. The van der Waals surface area contributed by atoms with Crippen LogP contribution in [0.1, 0.15) is 58.9 Å². The Balaban J connectivity index is 1.35. The highest BCUT2D eigenvalue weighted by molar-refractivity contribution is 6.30. The van der Waals surface area contributed by atoms with Gasteiger partial charge < -0.3 is 10.2 Å². The van der Waals surface area contributed by atoms with Crippen LogP contribution in [0.5, 0.6) is 0 Å². The zero-order chi connectivity index (χ0) is 21.6. The number of benzene rings is 1. The average molecular weight is 441 g/mol. The second-order valence-electron chi connectivity index (χ2n) is 8.87. The molecule has 6 heteroatoms. The number of pyridine rings is 1. The van der Waals surface area contributed by atoms with Crippen LogP contribution >= 0.6 is 11.6 Å². The highest BCUT2D eigenvalue weighted by Crippen LogP contribution is 2.30. The molecule has 1 aromatic carbocycles. The summed E-state index contributed by atoms with van der Waals surface area (Å²) in [5.74, 6) is 0.345. The molecular formula is C25H33ClN4O. The molecule has 2 saturated heterocycles. The minimum atomic E-state index is 0.0167. The van der Waals surface area contributed by atoms with Crippen molar-refractivity contribution in [3.63, 3.8) is 0 Å². The number of likely N-dealkylation sites (tertiary alicyclic amines) is 2. The summed E-state index contributed by atoms with van der Waals surface area (Å²) in [6.07, 6.45) is 4.59. The standard InChI is InChI=1S/C25H33ClN4O/c1-19-7-8-23(25(31)27-11-16-29-12-2-3-13-29)24(28-19)21-9-14-30(15-10-21)18-20-5-4-6-22(26)17-20/h4-8,17,21H,2-3,9-16,18H2,1H3,(H,27,31). The second-order valence-corrected chi connectivity index (χ2v) is 9.31. The van der Waals surface area contributed by atoms with Crippen LogP contribution in [-0.2, 0) is 6.54 Å². The van der Waals surface area contributed by atoms with Crippen molar-refractivity contribution in [2.45, 2.75) is 45.1 Å². The third kappa shape index (κ3) is 6.06. The number of carbonyl (C=O) groups is 1. The molecule has 3 heterocycles. The average Bonchev–Trinajstić information content (AvgIpc) is 3.28. The molecule has 0 spiro atoms. The summed E-state index contributed by atoms with van der Waals surface area (Å²) < 4.78 is 0. The van der Waals surface area contributed by atoms with Crippen molar-refractivity contribution in [2.75, 3.05) is 39.3 Å². The lowest BCUT2D eigenvalue weighted by Crippen LogP contribution is -2.35. The zero-order valence-electron chi connectivity index (χ0n) is 18.4. The number of carbonyl (C=O) groups excluding carboxylic acids is 1. The Morgan fingerprint density at radius 2 is 1.87 bits per heavy atom. The lowest BCUT2D eigenvalue weighted by Gasteiger charge is -2.32. The van der Waals surface area contributed by atoms with Crippen molar-refractivity contribution in [3.8, 4) is 0 Å². The van der Waals surface area contributed by atoms with Gasteiger partial charge in [0, 0.05) is 36.3 Å². The van der Waals surface area contributed by atoms with Gasteiger partial charge in [0.1, 0.15) is 0 Å². The van der Waals surface area contributed by atoms with Crippen molar-refractivity contribution in [1.29, 1.82) is 0 Å². The fourth-order valence-electron chi connectivity index (χ4n) is 4.77. The third-order valence-electron chi connectivity index (χ3n) is 6.49. The van der Waals surface area contributed by atoms with Gasteiger partial charge in [0.25, 0.3) is 5.91 Å². The normalized spacial score (nSPS) is 18.4. The Kier molecular flexibility index (Phi) is 7.59. The van der Waals surface area contributed by atoms with E-state index in [1.807, 2.05) is 37.3 Å². The molecule has 0 saturated carbocycles. The summed E-state index contributed by atoms with van der Waals surface area (Å²) in [6.45, 7) is 8.87. The zero-order valence-corrected chi connectivity index (χ0v) is 19.2. The molecule has 1 amide bonds. The van der Waals surface area contributed by atoms with Crippen molar-refractivity contribution >= 4 is 17.5 Å². The van der Waals surface area contributed by atoms with Gasteiger partial charge in [0.05, 0.1) is 11.3 Å². The Bertz CT molecular complexity index is 889. The first-order valence-corrected chi connectivity index (χ1v) is 11.9. The molecule has 2 aromatic rings. The molecule has 2 aliphatic rings. The van der Waals surface area contributed by atoms with E-state index in [9.17, 15) is 4.79 Å². The largest absolute Gasteiger partial charge is 0.351 e. The van der Waals surface area contributed by atoms with Gasteiger partial charge in [-0.3, -0.25) is 14.7 Å². The number of hydrogen-bond donors (Lipinski definition) is 1. The Hall–Kier alpha value is -1.95. The lowest BCUT2D eigenvalue weighted by atomic mass is 9.89. The van der Waals surface area contributed by atoms with E-state index < -0.39 is 0 Å². The Morgan fingerprint density at radius 3 is 2.61 bits per heavy atom. The van der Waals surface area contributed by atoms with Crippen LogP contribution in [0.4, 0.5) is 0 Å². The molecule has 4 rings (SSSR count). The maximum atomic E-state index is 12.9. The van der Waals surface area contributed by atoms with Gasteiger partial charge in [0.15, 0.2) is 0 Å². The number of piperidine rings is 1. The fraction of sp³-hybridized carbons (Fsp3) is 0.520. The molecule has 1 N–H and O–H groups in total. The summed E-state index contributed by atoms with van der Waals surface area (Å²) in [4.78, 5) is 22.6. The molecule has 2 aliphatic heterocycles. The molecule has 31 heavy (non-hydrogen) atoms. The molecule has 0 atom stereocenters. The van der Waals surface area contributed by atoms with Crippen molar-refractivity contribution in [2.24, 2.45) is 0 Å². The first-order chi connectivity index (χ1) is 15.1. The number of nitrogens with one attached hydrogen (secondary N) is 1. The second kappa shape index (κ2) is 10.6. The van der Waals surface area contributed by atoms with Crippen LogP contribution in [-0.4, -0.2) is 60.0 Å². The molecular weight excluding hydrogens is 408 g/mol. The molecule has 5 nitrogen and oxygen atoms in total. The van der Waals surface area contributed by atoms with Crippen molar-refractivity contribution < 1.29 is 4.79 Å². The van der Waals surface area contributed by atoms with E-state index in [1.165, 1.54) is 18.4 Å². The first-order valence-electron chi connectivity index (χ1n) is 11.5. The van der Waals surface area contributed by atoms with E-state index in [0.717, 1.165) is 74.1 Å². The van der Waals surface area contributed by atoms with Gasteiger partial charge >= 0.3 is 0 Å². The van der Waals surface area contributed by atoms with E-state index >= 15 is 0 Å². The van der Waals surface area contributed by atoms with Crippen LogP contribution in [0.25, 0.3) is 0 Å². The monoisotopic (exact) mass is 440 g/mol. The van der Waals surface area contributed by atoms with E-state index in [0.29, 0.717) is 12.5 Å². The number of nitrogens with zero attached hydrogens (tertiary/aromatic N) is 3. The summed E-state index contributed by atoms with van der Waals surface area (Å²) >= 11 is 6.13.